The summed E-state index contributed by atoms with van der Waals surface area (Å²) in [6, 6.07) is 18.1. The highest BCUT2D eigenvalue weighted by atomic mass is 16.6. The van der Waals surface area contributed by atoms with Gasteiger partial charge in [-0.3, -0.25) is 0 Å². The Balaban J connectivity index is 1.36. The van der Waals surface area contributed by atoms with E-state index in [0.717, 1.165) is 18.3 Å². The Hall–Kier alpha value is -1.64. The van der Waals surface area contributed by atoms with Crippen molar-refractivity contribution in [2.24, 2.45) is 5.92 Å². The van der Waals surface area contributed by atoms with Crippen LogP contribution in [0.25, 0.3) is 11.1 Å². The Kier molecular flexibility index (Phi) is 7.05. The standard InChI is InChI=1S/C27H36O2/c1-3-5-20-6-8-21(9-7-20)22-10-12-23(13-11-22)24-14-16-25(17-15-24)27-19-28-26(4-2)18-29-27/h10-17,20-21,26-27H,3-9,18-19H2,1-2H3/t20-,21-,26-,27-/m0/s1. The van der Waals surface area contributed by atoms with E-state index in [-0.39, 0.29) is 12.2 Å². The van der Waals surface area contributed by atoms with E-state index in [1.165, 1.54) is 60.8 Å². The molecule has 0 spiro atoms. The lowest BCUT2D eigenvalue weighted by Gasteiger charge is -2.29. The highest BCUT2D eigenvalue weighted by molar-refractivity contribution is 5.64. The molecule has 2 aromatic carbocycles. The lowest BCUT2D eigenvalue weighted by atomic mass is 9.77. The second-order valence-corrected chi connectivity index (χ2v) is 8.94. The van der Waals surface area contributed by atoms with E-state index in [2.05, 4.69) is 62.4 Å². The zero-order valence-corrected chi connectivity index (χ0v) is 18.1. The van der Waals surface area contributed by atoms with Crippen molar-refractivity contribution in [3.05, 3.63) is 59.7 Å². The summed E-state index contributed by atoms with van der Waals surface area (Å²) in [6.45, 7) is 5.82. The second kappa shape index (κ2) is 9.91. The van der Waals surface area contributed by atoms with E-state index in [1.807, 2.05) is 0 Å². The Morgan fingerprint density at radius 3 is 1.86 bits per heavy atom. The molecule has 2 fully saturated rings. The summed E-state index contributed by atoms with van der Waals surface area (Å²) in [5.41, 5.74) is 5.31. The Morgan fingerprint density at radius 1 is 0.724 bits per heavy atom. The maximum atomic E-state index is 5.99. The fourth-order valence-electron chi connectivity index (χ4n) is 5.00. The van der Waals surface area contributed by atoms with Crippen molar-refractivity contribution >= 4 is 0 Å². The number of hydrogen-bond acceptors (Lipinski definition) is 2. The highest BCUT2D eigenvalue weighted by Gasteiger charge is 2.23. The molecule has 1 saturated carbocycles. The van der Waals surface area contributed by atoms with Gasteiger partial charge in [0.05, 0.1) is 19.3 Å². The van der Waals surface area contributed by atoms with Crippen LogP contribution in [0.15, 0.2) is 48.5 Å². The largest absolute Gasteiger partial charge is 0.373 e. The van der Waals surface area contributed by atoms with Crippen LogP contribution in [-0.2, 0) is 9.47 Å². The van der Waals surface area contributed by atoms with Crippen LogP contribution in [0.5, 0.6) is 0 Å². The quantitative estimate of drug-likeness (QED) is 0.514. The predicted octanol–water partition coefficient (Wildman–Crippen LogP) is 7.29. The first kappa shape index (κ1) is 20.6. The van der Waals surface area contributed by atoms with Crippen LogP contribution in [0, 0.1) is 5.92 Å². The zero-order valence-electron chi connectivity index (χ0n) is 18.1. The molecule has 0 radical (unpaired) electrons. The molecular formula is C27H36O2. The molecule has 2 nitrogen and oxygen atoms in total. The normalized spacial score (nSPS) is 27.7. The van der Waals surface area contributed by atoms with Crippen LogP contribution >= 0.6 is 0 Å². The van der Waals surface area contributed by atoms with Gasteiger partial charge in [-0.15, -0.1) is 0 Å². The van der Waals surface area contributed by atoms with Crippen molar-refractivity contribution in [1.29, 1.82) is 0 Å². The molecule has 0 unspecified atom stereocenters. The van der Waals surface area contributed by atoms with Crippen molar-refractivity contribution in [3.63, 3.8) is 0 Å². The molecule has 0 aromatic heterocycles. The van der Waals surface area contributed by atoms with Crippen LogP contribution in [0.4, 0.5) is 0 Å². The van der Waals surface area contributed by atoms with Gasteiger partial charge in [0.15, 0.2) is 0 Å². The Labute approximate surface area is 176 Å². The molecule has 2 atom stereocenters. The maximum absolute atomic E-state index is 5.99. The molecule has 29 heavy (non-hydrogen) atoms. The lowest BCUT2D eigenvalue weighted by molar-refractivity contribution is -0.135. The first-order chi connectivity index (χ1) is 14.3. The molecule has 2 aromatic rings. The number of rotatable bonds is 6. The van der Waals surface area contributed by atoms with Crippen molar-refractivity contribution in [2.45, 2.75) is 76.9 Å². The molecule has 1 heterocycles. The summed E-state index contributed by atoms with van der Waals surface area (Å²) in [6.07, 6.45) is 9.63. The van der Waals surface area contributed by atoms with E-state index in [4.69, 9.17) is 9.47 Å². The van der Waals surface area contributed by atoms with Gasteiger partial charge in [0.25, 0.3) is 0 Å². The van der Waals surface area contributed by atoms with Gasteiger partial charge in [0.2, 0.25) is 0 Å². The van der Waals surface area contributed by atoms with Gasteiger partial charge < -0.3 is 9.47 Å². The van der Waals surface area contributed by atoms with E-state index >= 15 is 0 Å². The molecule has 0 N–H and O–H groups in total. The van der Waals surface area contributed by atoms with Crippen molar-refractivity contribution in [3.8, 4) is 11.1 Å². The van der Waals surface area contributed by atoms with Crippen molar-refractivity contribution < 1.29 is 9.47 Å². The number of benzene rings is 2. The molecule has 156 valence electrons. The van der Waals surface area contributed by atoms with Crippen LogP contribution in [-0.4, -0.2) is 19.3 Å². The highest BCUT2D eigenvalue weighted by Crippen LogP contribution is 2.38. The molecule has 0 bridgehead atoms. The minimum atomic E-state index is 0.0667. The number of hydrogen-bond donors (Lipinski definition) is 0. The summed E-state index contributed by atoms with van der Waals surface area (Å²) in [5.74, 6) is 1.73. The number of ether oxygens (including phenoxy) is 2. The lowest BCUT2D eigenvalue weighted by Crippen LogP contribution is -2.30. The summed E-state index contributed by atoms with van der Waals surface area (Å²) in [7, 11) is 0. The monoisotopic (exact) mass is 392 g/mol. The molecule has 1 saturated heterocycles. The molecule has 1 aliphatic heterocycles. The Morgan fingerprint density at radius 2 is 1.34 bits per heavy atom. The van der Waals surface area contributed by atoms with Crippen LogP contribution in [0.3, 0.4) is 0 Å². The van der Waals surface area contributed by atoms with E-state index in [9.17, 15) is 0 Å². The minimum Gasteiger partial charge on any atom is -0.373 e. The van der Waals surface area contributed by atoms with Gasteiger partial charge in [-0.25, -0.2) is 0 Å². The molecular weight excluding hydrogens is 356 g/mol. The van der Waals surface area contributed by atoms with Crippen LogP contribution < -0.4 is 0 Å². The van der Waals surface area contributed by atoms with E-state index < -0.39 is 0 Å². The molecule has 1 aliphatic carbocycles. The summed E-state index contributed by atoms with van der Waals surface area (Å²) >= 11 is 0. The smallest absolute Gasteiger partial charge is 0.106 e. The van der Waals surface area contributed by atoms with Crippen molar-refractivity contribution in [2.75, 3.05) is 13.2 Å². The van der Waals surface area contributed by atoms with Gasteiger partial charge in [0.1, 0.15) is 6.10 Å². The molecule has 4 rings (SSSR count). The van der Waals surface area contributed by atoms with Gasteiger partial charge >= 0.3 is 0 Å². The second-order valence-electron chi connectivity index (χ2n) is 8.94. The summed E-state index contributed by atoms with van der Waals surface area (Å²) in [5, 5.41) is 0. The predicted molar refractivity (Wildman–Crippen MR) is 120 cm³/mol. The maximum Gasteiger partial charge on any atom is 0.106 e. The average Bonchev–Trinajstić information content (AvgIpc) is 2.80. The third-order valence-corrected chi connectivity index (χ3v) is 6.96. The van der Waals surface area contributed by atoms with Gasteiger partial charge in [-0.2, -0.15) is 0 Å². The van der Waals surface area contributed by atoms with E-state index in [0.29, 0.717) is 13.2 Å². The van der Waals surface area contributed by atoms with Crippen LogP contribution in [0.1, 0.15) is 81.9 Å². The summed E-state index contributed by atoms with van der Waals surface area (Å²) in [4.78, 5) is 0. The van der Waals surface area contributed by atoms with Gasteiger partial charge in [0, 0.05) is 0 Å². The minimum absolute atomic E-state index is 0.0667. The molecule has 2 heteroatoms. The zero-order chi connectivity index (χ0) is 20.1. The topological polar surface area (TPSA) is 18.5 Å². The molecule has 0 amide bonds. The van der Waals surface area contributed by atoms with Crippen molar-refractivity contribution in [1.82, 2.24) is 0 Å². The average molecular weight is 393 g/mol. The van der Waals surface area contributed by atoms with E-state index in [1.54, 1.807) is 0 Å². The first-order valence-electron chi connectivity index (χ1n) is 11.7. The third-order valence-electron chi connectivity index (χ3n) is 6.96. The summed E-state index contributed by atoms with van der Waals surface area (Å²) < 4.78 is 11.9. The van der Waals surface area contributed by atoms with Gasteiger partial charge in [-0.1, -0.05) is 75.2 Å². The van der Waals surface area contributed by atoms with Crippen LogP contribution in [0.2, 0.25) is 0 Å². The first-order valence-corrected chi connectivity index (χ1v) is 11.7. The van der Waals surface area contributed by atoms with Gasteiger partial charge in [-0.05, 0) is 66.2 Å². The fourth-order valence-corrected chi connectivity index (χ4v) is 5.00. The third kappa shape index (κ3) is 5.10. The fraction of sp³-hybridized carbons (Fsp3) is 0.556. The molecule has 2 aliphatic rings. The Bertz CT molecular complexity index is 733. The SMILES string of the molecule is CCC[C@H]1CC[C@H](c2ccc(-c3ccc([C@@H]4CO[C@@H](CC)CO4)cc3)cc2)CC1.